The van der Waals surface area contributed by atoms with Crippen molar-refractivity contribution in [2.45, 2.75) is 4.90 Å². The third kappa shape index (κ3) is 5.75. The van der Waals surface area contributed by atoms with E-state index in [4.69, 9.17) is 5.73 Å². The first kappa shape index (κ1) is 23.5. The number of hydrogen-bond donors (Lipinski definition) is 3. The Morgan fingerprint density at radius 1 is 1.06 bits per heavy atom. The molecule has 0 bridgehead atoms. The molecule has 32 heavy (non-hydrogen) atoms. The van der Waals surface area contributed by atoms with E-state index in [-0.39, 0.29) is 15.5 Å². The van der Waals surface area contributed by atoms with E-state index in [1.54, 1.807) is 35.1 Å². The number of carbonyl (C=O) groups excluding carboxylic acids is 4. The molecular weight excluding hydrogens is 524 g/mol. The van der Waals surface area contributed by atoms with Gasteiger partial charge in [-0.2, -0.15) is 0 Å². The average molecular weight is 539 g/mol. The third-order valence-corrected chi connectivity index (χ3v) is 6.83. The molecule has 2 aromatic carbocycles. The summed E-state index contributed by atoms with van der Waals surface area (Å²) in [5.74, 6) is -1.24. The number of imide groups is 1. The van der Waals surface area contributed by atoms with Crippen LogP contribution >= 0.6 is 27.7 Å². The van der Waals surface area contributed by atoms with Gasteiger partial charge in [0, 0.05) is 10.2 Å². The summed E-state index contributed by atoms with van der Waals surface area (Å²) in [6.45, 7) is -0.508. The van der Waals surface area contributed by atoms with Crippen LogP contribution in [-0.2, 0) is 19.6 Å². The quantitative estimate of drug-likeness (QED) is 0.476. The van der Waals surface area contributed by atoms with Gasteiger partial charge in [-0.25, -0.2) is 17.9 Å². The molecule has 1 saturated heterocycles. The van der Waals surface area contributed by atoms with Gasteiger partial charge in [0.2, 0.25) is 5.91 Å². The molecule has 0 aromatic heterocycles. The van der Waals surface area contributed by atoms with Crippen molar-refractivity contribution in [2.24, 2.45) is 5.73 Å². The van der Waals surface area contributed by atoms with Gasteiger partial charge in [-0.15, -0.1) is 0 Å². The smallest absolute Gasteiger partial charge is 0.326 e. The van der Waals surface area contributed by atoms with Crippen molar-refractivity contribution in [1.29, 1.82) is 0 Å². The van der Waals surface area contributed by atoms with Gasteiger partial charge in [0.15, 0.2) is 0 Å². The topological polar surface area (TPSA) is 156 Å². The SMILES string of the molecule is NC(=O)NS(=O)(=O)c1ccc(NC(=O)CN2C(=O)S/C(=C/c3ccc(Br)cc3)C2=O)cc1. The Morgan fingerprint density at radius 2 is 1.69 bits per heavy atom. The first-order chi connectivity index (χ1) is 15.0. The average Bonchev–Trinajstić information content (AvgIpc) is 2.96. The molecule has 1 heterocycles. The number of amides is 5. The number of sulfonamides is 1. The molecule has 4 N–H and O–H groups in total. The number of thioether (sulfide) groups is 1. The number of urea groups is 1. The van der Waals surface area contributed by atoms with Crippen LogP contribution < -0.4 is 15.8 Å². The summed E-state index contributed by atoms with van der Waals surface area (Å²) in [4.78, 5) is 48.6. The van der Waals surface area contributed by atoms with Crippen molar-refractivity contribution < 1.29 is 27.6 Å². The monoisotopic (exact) mass is 538 g/mol. The van der Waals surface area contributed by atoms with Crippen LogP contribution in [0, 0.1) is 0 Å². The number of benzene rings is 2. The fourth-order valence-corrected chi connectivity index (χ4v) is 4.58. The molecule has 2 aromatic rings. The highest BCUT2D eigenvalue weighted by atomic mass is 79.9. The molecule has 166 valence electrons. The van der Waals surface area contributed by atoms with Gasteiger partial charge in [0.1, 0.15) is 6.54 Å². The molecule has 13 heteroatoms. The molecule has 5 amide bonds. The van der Waals surface area contributed by atoms with Crippen LogP contribution in [0.1, 0.15) is 5.56 Å². The second-order valence-corrected chi connectivity index (χ2v) is 9.95. The number of hydrogen-bond acceptors (Lipinski definition) is 7. The first-order valence-electron chi connectivity index (χ1n) is 8.78. The molecule has 3 rings (SSSR count). The number of halogens is 1. The normalized spacial score (nSPS) is 15.2. The first-order valence-corrected chi connectivity index (χ1v) is 11.9. The van der Waals surface area contributed by atoms with Gasteiger partial charge in [0.05, 0.1) is 9.80 Å². The number of rotatable bonds is 6. The van der Waals surface area contributed by atoms with Crippen LogP contribution in [0.25, 0.3) is 6.08 Å². The standard InChI is InChI=1S/C19H15BrN4O6S2/c20-12-3-1-11(2-4-12)9-15-17(26)24(19(28)31-15)10-16(25)22-13-5-7-14(8-6-13)32(29,30)23-18(21)27/h1-9H,10H2,(H,22,25)(H3,21,23,27)/b15-9+. The molecule has 0 aliphatic carbocycles. The fraction of sp³-hybridized carbons (Fsp3) is 0.0526. The van der Waals surface area contributed by atoms with E-state index in [0.29, 0.717) is 0 Å². The van der Waals surface area contributed by atoms with E-state index < -0.39 is 39.7 Å². The number of nitrogens with one attached hydrogen (secondary N) is 2. The summed E-state index contributed by atoms with van der Waals surface area (Å²) >= 11 is 4.05. The summed E-state index contributed by atoms with van der Waals surface area (Å²) in [5, 5.41) is 1.90. The molecule has 1 fully saturated rings. The highest BCUT2D eigenvalue weighted by Crippen LogP contribution is 2.32. The maximum Gasteiger partial charge on any atom is 0.326 e. The highest BCUT2D eigenvalue weighted by Gasteiger charge is 2.36. The van der Waals surface area contributed by atoms with Crippen LogP contribution in [0.5, 0.6) is 0 Å². The second-order valence-electron chi connectivity index (χ2n) is 6.36. The lowest BCUT2D eigenvalue weighted by Gasteiger charge is -2.12. The molecular formula is C19H15BrN4O6S2. The lowest BCUT2D eigenvalue weighted by molar-refractivity contribution is -0.127. The zero-order valence-electron chi connectivity index (χ0n) is 16.1. The van der Waals surface area contributed by atoms with Gasteiger partial charge in [0.25, 0.3) is 21.2 Å². The van der Waals surface area contributed by atoms with Crippen LogP contribution in [0.4, 0.5) is 15.3 Å². The Morgan fingerprint density at radius 3 is 2.28 bits per heavy atom. The van der Waals surface area contributed by atoms with Crippen LogP contribution in [0.2, 0.25) is 0 Å². The largest absolute Gasteiger partial charge is 0.351 e. The lowest BCUT2D eigenvalue weighted by atomic mass is 10.2. The minimum absolute atomic E-state index is 0.196. The zero-order chi connectivity index (χ0) is 23.5. The molecule has 0 radical (unpaired) electrons. The van der Waals surface area contributed by atoms with E-state index in [0.717, 1.165) is 38.8 Å². The predicted molar refractivity (Wildman–Crippen MR) is 122 cm³/mol. The Labute approximate surface area is 195 Å². The van der Waals surface area contributed by atoms with E-state index in [1.165, 1.54) is 12.1 Å². The van der Waals surface area contributed by atoms with E-state index in [9.17, 15) is 27.6 Å². The zero-order valence-corrected chi connectivity index (χ0v) is 19.3. The maximum absolute atomic E-state index is 12.5. The van der Waals surface area contributed by atoms with Gasteiger partial charge in [-0.3, -0.25) is 19.3 Å². The van der Waals surface area contributed by atoms with Crippen LogP contribution in [-0.4, -0.2) is 42.9 Å². The number of primary amides is 1. The summed E-state index contributed by atoms with van der Waals surface area (Å²) in [6.07, 6.45) is 1.56. The van der Waals surface area contributed by atoms with Crippen molar-refractivity contribution in [3.05, 3.63) is 63.5 Å². The minimum Gasteiger partial charge on any atom is -0.351 e. The Kier molecular flexibility index (Phi) is 7.01. The van der Waals surface area contributed by atoms with Crippen molar-refractivity contribution in [1.82, 2.24) is 9.62 Å². The molecule has 10 nitrogen and oxygen atoms in total. The Balaban J connectivity index is 1.64. The predicted octanol–water partition coefficient (Wildman–Crippen LogP) is 2.48. The minimum atomic E-state index is -4.12. The third-order valence-electron chi connectivity index (χ3n) is 4.03. The molecule has 1 aliphatic rings. The summed E-state index contributed by atoms with van der Waals surface area (Å²) in [6, 6.07) is 10.8. The lowest BCUT2D eigenvalue weighted by Crippen LogP contribution is -2.36. The van der Waals surface area contributed by atoms with Crippen molar-refractivity contribution >= 4 is 72.6 Å². The highest BCUT2D eigenvalue weighted by molar-refractivity contribution is 9.10. The van der Waals surface area contributed by atoms with E-state index in [2.05, 4.69) is 21.2 Å². The maximum atomic E-state index is 12.5. The van der Waals surface area contributed by atoms with E-state index >= 15 is 0 Å². The number of nitrogens with two attached hydrogens (primary N) is 1. The van der Waals surface area contributed by atoms with Crippen molar-refractivity contribution in [3.8, 4) is 0 Å². The molecule has 0 unspecified atom stereocenters. The molecule has 0 spiro atoms. The van der Waals surface area contributed by atoms with Crippen molar-refractivity contribution in [2.75, 3.05) is 11.9 Å². The number of carbonyl (C=O) groups is 4. The van der Waals surface area contributed by atoms with Gasteiger partial charge < -0.3 is 11.1 Å². The second kappa shape index (κ2) is 9.54. The summed E-state index contributed by atoms with van der Waals surface area (Å²) in [7, 11) is -4.12. The fourth-order valence-electron chi connectivity index (χ4n) is 2.60. The summed E-state index contributed by atoms with van der Waals surface area (Å²) < 4.78 is 26.2. The Hall–Kier alpha value is -3.16. The Bertz CT molecular complexity index is 1230. The van der Waals surface area contributed by atoms with Gasteiger partial charge in [-0.05, 0) is 59.8 Å². The van der Waals surface area contributed by atoms with Crippen molar-refractivity contribution in [3.63, 3.8) is 0 Å². The van der Waals surface area contributed by atoms with Gasteiger partial charge >= 0.3 is 6.03 Å². The van der Waals surface area contributed by atoms with Gasteiger partial charge in [-0.1, -0.05) is 28.1 Å². The summed E-state index contributed by atoms with van der Waals surface area (Å²) in [5.41, 5.74) is 5.77. The van der Waals surface area contributed by atoms with Crippen LogP contribution in [0.15, 0.2) is 62.8 Å². The number of nitrogens with zero attached hydrogens (tertiary/aromatic N) is 1. The molecule has 1 aliphatic heterocycles. The molecule has 0 atom stereocenters. The molecule has 0 saturated carbocycles. The number of anilines is 1. The van der Waals surface area contributed by atoms with Crippen LogP contribution in [0.3, 0.4) is 0 Å². The van der Waals surface area contributed by atoms with E-state index in [1.807, 2.05) is 0 Å².